The third-order valence-electron chi connectivity index (χ3n) is 13.0. The van der Waals surface area contributed by atoms with Crippen molar-refractivity contribution in [2.24, 2.45) is 13.0 Å². The number of piperidine rings is 1. The van der Waals surface area contributed by atoms with Gasteiger partial charge in [-0.25, -0.2) is 18.6 Å². The number of phenolic OH excluding ortho intramolecular Hbond substituents is 1. The van der Waals surface area contributed by atoms with E-state index in [4.69, 9.17) is 10.1 Å². The van der Waals surface area contributed by atoms with Crippen LogP contribution in [0.5, 0.6) is 5.75 Å². The Kier molecular flexibility index (Phi) is 11.5. The first-order chi connectivity index (χ1) is 30.4. The number of benzene rings is 3. The quantitative estimate of drug-likeness (QED) is 0.109. The lowest BCUT2D eigenvalue weighted by Crippen LogP contribution is -2.47. The van der Waals surface area contributed by atoms with Crippen LogP contribution in [0.2, 0.25) is 0 Å². The first-order valence-electron chi connectivity index (χ1n) is 21.5. The van der Waals surface area contributed by atoms with Crippen LogP contribution in [-0.4, -0.2) is 90.9 Å². The topological polar surface area (TPSA) is 160 Å². The second kappa shape index (κ2) is 17.3. The number of aromatic nitrogens is 5. The number of anilines is 1. The maximum Gasteiger partial charge on any atom is 0.329 e. The van der Waals surface area contributed by atoms with E-state index in [-0.39, 0.29) is 36.5 Å². The number of rotatable bonds is 11. The summed E-state index contributed by atoms with van der Waals surface area (Å²) < 4.78 is 46.7. The van der Waals surface area contributed by atoms with E-state index in [1.165, 1.54) is 4.57 Å². The molecule has 17 heteroatoms. The van der Waals surface area contributed by atoms with Crippen LogP contribution in [0.4, 0.5) is 19.0 Å². The summed E-state index contributed by atoms with van der Waals surface area (Å²) in [4.78, 5) is 59.4. The number of imide groups is 1. The van der Waals surface area contributed by atoms with E-state index in [2.05, 4.69) is 57.0 Å². The van der Waals surface area contributed by atoms with Gasteiger partial charge in [0, 0.05) is 69.5 Å². The van der Waals surface area contributed by atoms with Gasteiger partial charge >= 0.3 is 5.69 Å². The fourth-order valence-electron chi connectivity index (χ4n) is 9.34. The van der Waals surface area contributed by atoms with Crippen molar-refractivity contribution in [3.05, 3.63) is 106 Å². The number of phenols is 1. The van der Waals surface area contributed by atoms with Crippen LogP contribution in [0.1, 0.15) is 73.0 Å². The molecule has 14 nitrogen and oxygen atoms in total. The van der Waals surface area contributed by atoms with Crippen LogP contribution in [0.25, 0.3) is 33.1 Å². The molecule has 0 radical (unpaired) electrons. The van der Waals surface area contributed by atoms with Gasteiger partial charge in [-0.2, -0.15) is 9.49 Å². The van der Waals surface area contributed by atoms with Gasteiger partial charge in [0.1, 0.15) is 11.9 Å². The highest BCUT2D eigenvalue weighted by molar-refractivity contribution is 6.00. The van der Waals surface area contributed by atoms with Gasteiger partial charge in [-0.3, -0.25) is 38.4 Å². The smallest absolute Gasteiger partial charge is 0.329 e. The normalized spacial score (nSPS) is 19.8. The first kappa shape index (κ1) is 41.8. The zero-order valence-electron chi connectivity index (χ0n) is 34.8. The fourth-order valence-corrected chi connectivity index (χ4v) is 9.34. The summed E-state index contributed by atoms with van der Waals surface area (Å²) in [7, 11) is 1.72. The van der Waals surface area contributed by atoms with Gasteiger partial charge in [0.05, 0.1) is 28.2 Å². The van der Waals surface area contributed by atoms with Gasteiger partial charge in [-0.1, -0.05) is 18.2 Å². The lowest BCUT2D eigenvalue weighted by molar-refractivity contribution is -0.135. The molecule has 1 aliphatic carbocycles. The molecule has 0 spiro atoms. The van der Waals surface area contributed by atoms with E-state index in [0.717, 1.165) is 110 Å². The summed E-state index contributed by atoms with van der Waals surface area (Å²) in [6.07, 6.45) is 9.53. The summed E-state index contributed by atoms with van der Waals surface area (Å²) in [5.41, 5.74) is 4.46. The van der Waals surface area contributed by atoms with Gasteiger partial charge in [-0.15, -0.1) is 0 Å². The number of aromatic hydroxyl groups is 1. The standard InChI is InChI=1S/C46H48F3N9O5/c1-54-38-21-27(6-12-36(38)58(46(54)63)37-13-15-40(59)52-45(37)62)3-2-16-55-17-19-56(20-18-55)39-14-9-30(25-50-39)29-7-8-31-26-57(53-35(31)22-29)32-10-4-28(5-11-32)24-51-44(61)33-23-34(47)43(60)42(49)41(33)48/h6-9,12,14,21-23,25-26,28,32,37,60H,2-5,10-11,13,15-20,24H2,1H3,(H,51,61)(H,52,59,62). The summed E-state index contributed by atoms with van der Waals surface area (Å²) in [5.74, 6) is -6.82. The van der Waals surface area contributed by atoms with E-state index in [9.17, 15) is 37.5 Å². The molecule has 3 aromatic carbocycles. The number of aryl methyl sites for hydroxylation is 2. The van der Waals surface area contributed by atoms with Gasteiger partial charge in [-0.05, 0) is 105 Å². The third kappa shape index (κ3) is 8.41. The number of pyridine rings is 1. The number of halogens is 3. The molecule has 3 amide bonds. The van der Waals surface area contributed by atoms with E-state index < -0.39 is 46.6 Å². The molecule has 328 valence electrons. The SMILES string of the molecule is Cn1c(=O)n(C2CCC(=O)NC2=O)c2ccc(CCCN3CCN(c4ccc(-c5ccc6cn(C7CCC(CNC(=O)c8cc(F)c(O)c(F)c8F)CC7)nc6c5)cn4)CC3)cc21. The van der Waals surface area contributed by atoms with Crippen LogP contribution < -0.4 is 21.2 Å². The lowest BCUT2D eigenvalue weighted by atomic mass is 9.86. The minimum Gasteiger partial charge on any atom is -0.503 e. The fraction of sp³-hybridized carbons (Fsp3) is 0.391. The van der Waals surface area contributed by atoms with E-state index >= 15 is 0 Å². The highest BCUT2D eigenvalue weighted by atomic mass is 19.2. The number of fused-ring (bicyclic) bond motifs is 2. The Hall–Kier alpha value is -6.49. The number of hydrogen-bond acceptors (Lipinski definition) is 9. The molecule has 0 bridgehead atoms. The van der Waals surface area contributed by atoms with Crippen molar-refractivity contribution in [3.8, 4) is 16.9 Å². The summed E-state index contributed by atoms with van der Waals surface area (Å²) in [5, 5.41) is 20.1. The molecule has 63 heavy (non-hydrogen) atoms. The van der Waals surface area contributed by atoms with E-state index in [0.29, 0.717) is 18.0 Å². The molecule has 1 atom stereocenters. The molecular weight excluding hydrogens is 816 g/mol. The molecular formula is C46H48F3N9O5. The average molecular weight is 864 g/mol. The van der Waals surface area contributed by atoms with Crippen molar-refractivity contribution in [2.45, 2.75) is 63.5 Å². The minimum absolute atomic E-state index is 0.117. The number of nitrogens with zero attached hydrogens (tertiary/aromatic N) is 7. The van der Waals surface area contributed by atoms with Crippen LogP contribution in [-0.2, 0) is 23.1 Å². The Morgan fingerprint density at radius 2 is 1.67 bits per heavy atom. The number of carbonyl (C=O) groups excluding carboxylic acids is 3. The van der Waals surface area contributed by atoms with Crippen molar-refractivity contribution in [2.75, 3.05) is 44.2 Å². The van der Waals surface area contributed by atoms with Crippen molar-refractivity contribution in [3.63, 3.8) is 0 Å². The Balaban J connectivity index is 0.737. The van der Waals surface area contributed by atoms with Gasteiger partial charge in [0.15, 0.2) is 17.4 Å². The van der Waals surface area contributed by atoms with Crippen LogP contribution in [0.15, 0.2) is 71.8 Å². The van der Waals surface area contributed by atoms with Crippen LogP contribution >= 0.6 is 0 Å². The number of hydrogen-bond donors (Lipinski definition) is 3. The Morgan fingerprint density at radius 3 is 2.41 bits per heavy atom. The zero-order chi connectivity index (χ0) is 43.9. The number of nitrogens with one attached hydrogen (secondary N) is 2. The molecule has 1 unspecified atom stereocenters. The molecule has 1 saturated carbocycles. The molecule has 9 rings (SSSR count). The average Bonchev–Trinajstić information content (AvgIpc) is 3.83. The van der Waals surface area contributed by atoms with Gasteiger partial charge < -0.3 is 15.3 Å². The largest absolute Gasteiger partial charge is 0.503 e. The predicted molar refractivity (Wildman–Crippen MR) is 230 cm³/mol. The second-order valence-corrected chi connectivity index (χ2v) is 17.0. The van der Waals surface area contributed by atoms with Crippen molar-refractivity contribution >= 4 is 45.5 Å². The molecule has 2 aliphatic heterocycles. The highest BCUT2D eigenvalue weighted by Gasteiger charge is 2.32. The first-order valence-corrected chi connectivity index (χ1v) is 21.5. The molecule has 6 aromatic rings. The monoisotopic (exact) mass is 863 g/mol. The number of imidazole rings is 1. The summed E-state index contributed by atoms with van der Waals surface area (Å²) in [6.45, 7) is 4.79. The molecule has 3 fully saturated rings. The van der Waals surface area contributed by atoms with Gasteiger partial charge in [0.25, 0.3) is 5.91 Å². The van der Waals surface area contributed by atoms with Crippen LogP contribution in [0.3, 0.4) is 0 Å². The second-order valence-electron chi connectivity index (χ2n) is 17.0. The Bertz CT molecular complexity index is 2790. The Labute approximate surface area is 360 Å². The molecule has 2 saturated heterocycles. The Morgan fingerprint density at radius 1 is 0.889 bits per heavy atom. The van der Waals surface area contributed by atoms with Crippen molar-refractivity contribution < 1.29 is 32.7 Å². The van der Waals surface area contributed by atoms with Gasteiger partial charge in [0.2, 0.25) is 17.6 Å². The number of amides is 3. The summed E-state index contributed by atoms with van der Waals surface area (Å²) >= 11 is 0. The molecule has 3 aromatic heterocycles. The van der Waals surface area contributed by atoms with Crippen molar-refractivity contribution in [1.82, 2.24) is 39.4 Å². The van der Waals surface area contributed by atoms with E-state index in [1.807, 2.05) is 29.1 Å². The zero-order valence-corrected chi connectivity index (χ0v) is 34.8. The maximum absolute atomic E-state index is 14.2. The summed E-state index contributed by atoms with van der Waals surface area (Å²) in [6, 6.07) is 16.3. The highest BCUT2D eigenvalue weighted by Crippen LogP contribution is 2.34. The molecule has 3 N–H and O–H groups in total. The molecule has 3 aliphatic rings. The lowest BCUT2D eigenvalue weighted by Gasteiger charge is -2.35. The maximum atomic E-state index is 14.2. The number of carbonyl (C=O) groups is 3. The van der Waals surface area contributed by atoms with Crippen LogP contribution in [0, 0.1) is 23.4 Å². The minimum atomic E-state index is -1.78. The number of piperazine rings is 1. The predicted octanol–water partition coefficient (Wildman–Crippen LogP) is 5.77. The third-order valence-corrected chi connectivity index (χ3v) is 13.0. The molecule has 5 heterocycles. The van der Waals surface area contributed by atoms with Crippen molar-refractivity contribution in [1.29, 1.82) is 0 Å². The van der Waals surface area contributed by atoms with E-state index in [1.54, 1.807) is 11.6 Å².